The van der Waals surface area contributed by atoms with Crippen LogP contribution in [0.5, 0.6) is 0 Å². The number of carbonyl (C=O) groups excluding carboxylic acids is 2. The molecule has 0 fully saturated rings. The summed E-state index contributed by atoms with van der Waals surface area (Å²) >= 11 is 0. The van der Waals surface area contributed by atoms with Crippen LogP contribution in [0, 0.1) is 5.92 Å². The largest absolute Gasteiger partial charge is 0.460 e. The SMILES string of the molecule is CC(C)(C)OC(=O)C[C@H](C(=O)NOCc1ccccc1)C(C)(C)O. The van der Waals surface area contributed by atoms with E-state index in [1.807, 2.05) is 30.3 Å². The molecule has 6 nitrogen and oxygen atoms in total. The van der Waals surface area contributed by atoms with E-state index in [1.165, 1.54) is 13.8 Å². The van der Waals surface area contributed by atoms with Gasteiger partial charge in [0.25, 0.3) is 0 Å². The quantitative estimate of drug-likeness (QED) is 0.589. The summed E-state index contributed by atoms with van der Waals surface area (Å²) in [4.78, 5) is 29.4. The normalized spacial score (nSPS) is 13.2. The average molecular weight is 337 g/mol. The molecule has 1 aromatic rings. The number of benzene rings is 1. The Morgan fingerprint density at radius 1 is 1.12 bits per heavy atom. The van der Waals surface area contributed by atoms with Crippen molar-refractivity contribution in [1.29, 1.82) is 0 Å². The Balaban J connectivity index is 2.60. The molecule has 0 bridgehead atoms. The third-order valence-corrected chi connectivity index (χ3v) is 3.21. The van der Waals surface area contributed by atoms with Crippen molar-refractivity contribution in [2.24, 2.45) is 5.92 Å². The number of rotatable bonds is 7. The van der Waals surface area contributed by atoms with Crippen LogP contribution in [0.4, 0.5) is 0 Å². The maximum absolute atomic E-state index is 12.3. The zero-order valence-corrected chi connectivity index (χ0v) is 15.0. The number of esters is 1. The van der Waals surface area contributed by atoms with E-state index in [-0.39, 0.29) is 13.0 Å². The molecule has 0 aliphatic carbocycles. The molecular weight excluding hydrogens is 310 g/mol. The molecule has 134 valence electrons. The van der Waals surface area contributed by atoms with Crippen LogP contribution in [0.2, 0.25) is 0 Å². The summed E-state index contributed by atoms with van der Waals surface area (Å²) in [5, 5.41) is 10.2. The third kappa shape index (κ3) is 7.57. The van der Waals surface area contributed by atoms with Crippen LogP contribution in [0.25, 0.3) is 0 Å². The first-order valence-corrected chi connectivity index (χ1v) is 7.89. The highest BCUT2D eigenvalue weighted by Crippen LogP contribution is 2.22. The summed E-state index contributed by atoms with van der Waals surface area (Å²) in [6.07, 6.45) is -0.235. The number of aliphatic hydroxyl groups is 1. The van der Waals surface area contributed by atoms with Crippen LogP contribution in [-0.2, 0) is 25.8 Å². The van der Waals surface area contributed by atoms with Crippen molar-refractivity contribution in [3.05, 3.63) is 35.9 Å². The number of amides is 1. The standard InChI is InChI=1S/C18H27NO5/c1-17(2,3)24-15(20)11-14(18(4,5)22)16(21)19-23-12-13-9-7-6-8-10-13/h6-10,14,22H,11-12H2,1-5H3,(H,19,21)/t14-/m1/s1. The number of hydrogen-bond donors (Lipinski definition) is 2. The fourth-order valence-corrected chi connectivity index (χ4v) is 2.05. The second-order valence-corrected chi connectivity index (χ2v) is 7.24. The average Bonchev–Trinajstić information content (AvgIpc) is 2.42. The first kappa shape index (κ1) is 20.1. The minimum Gasteiger partial charge on any atom is -0.460 e. The number of hydroxylamine groups is 1. The maximum Gasteiger partial charge on any atom is 0.307 e. The predicted molar refractivity (Wildman–Crippen MR) is 89.6 cm³/mol. The van der Waals surface area contributed by atoms with E-state index in [1.54, 1.807) is 20.8 Å². The fraction of sp³-hybridized carbons (Fsp3) is 0.556. The molecule has 24 heavy (non-hydrogen) atoms. The molecule has 0 heterocycles. The van der Waals surface area contributed by atoms with Gasteiger partial charge in [0.15, 0.2) is 0 Å². The van der Waals surface area contributed by atoms with E-state index < -0.39 is 29.0 Å². The van der Waals surface area contributed by atoms with E-state index in [0.29, 0.717) is 0 Å². The molecule has 1 aromatic carbocycles. The van der Waals surface area contributed by atoms with Gasteiger partial charge in [-0.05, 0) is 40.2 Å². The van der Waals surface area contributed by atoms with Crippen molar-refractivity contribution < 1.29 is 24.3 Å². The highest BCUT2D eigenvalue weighted by atomic mass is 16.7. The Morgan fingerprint density at radius 3 is 2.21 bits per heavy atom. The van der Waals surface area contributed by atoms with Crippen molar-refractivity contribution in [3.8, 4) is 0 Å². The van der Waals surface area contributed by atoms with Crippen LogP contribution >= 0.6 is 0 Å². The molecule has 6 heteroatoms. The molecule has 0 aromatic heterocycles. The number of hydrogen-bond acceptors (Lipinski definition) is 5. The van der Waals surface area contributed by atoms with Gasteiger partial charge in [0, 0.05) is 0 Å². The minimum atomic E-state index is -1.39. The molecule has 0 saturated heterocycles. The van der Waals surface area contributed by atoms with Gasteiger partial charge in [-0.2, -0.15) is 0 Å². The summed E-state index contributed by atoms with van der Waals surface area (Å²) in [5.41, 5.74) is 1.15. The molecule has 0 spiro atoms. The predicted octanol–water partition coefficient (Wildman–Crippen LogP) is 2.35. The summed E-state index contributed by atoms with van der Waals surface area (Å²) < 4.78 is 5.22. The van der Waals surface area contributed by atoms with E-state index in [0.717, 1.165) is 5.56 Å². The molecular formula is C18H27NO5. The van der Waals surface area contributed by atoms with Gasteiger partial charge in [-0.25, -0.2) is 5.48 Å². The Labute approximate surface area is 143 Å². The van der Waals surface area contributed by atoms with E-state index in [9.17, 15) is 14.7 Å². The van der Waals surface area contributed by atoms with Crippen LogP contribution < -0.4 is 5.48 Å². The highest BCUT2D eigenvalue weighted by molar-refractivity contribution is 5.84. The fourth-order valence-electron chi connectivity index (χ4n) is 2.05. The lowest BCUT2D eigenvalue weighted by Gasteiger charge is -2.28. The molecule has 1 amide bonds. The van der Waals surface area contributed by atoms with Crippen LogP contribution in [0.1, 0.15) is 46.6 Å². The smallest absolute Gasteiger partial charge is 0.307 e. The molecule has 0 aliphatic heterocycles. The van der Waals surface area contributed by atoms with Crippen molar-refractivity contribution in [3.63, 3.8) is 0 Å². The lowest BCUT2D eigenvalue weighted by Crippen LogP contribution is -2.45. The third-order valence-electron chi connectivity index (χ3n) is 3.21. The lowest BCUT2D eigenvalue weighted by molar-refractivity contribution is -0.163. The van der Waals surface area contributed by atoms with Crippen LogP contribution in [0.15, 0.2) is 30.3 Å². The van der Waals surface area contributed by atoms with Crippen molar-refractivity contribution >= 4 is 11.9 Å². The first-order chi connectivity index (χ1) is 11.0. The van der Waals surface area contributed by atoms with Gasteiger partial charge in [-0.15, -0.1) is 0 Å². The Hall–Kier alpha value is -1.92. The maximum atomic E-state index is 12.3. The molecule has 0 radical (unpaired) electrons. The summed E-state index contributed by atoms with van der Waals surface area (Å²) in [6, 6.07) is 9.33. The monoisotopic (exact) mass is 337 g/mol. The topological polar surface area (TPSA) is 84.9 Å². The molecule has 1 rings (SSSR count). The number of nitrogens with one attached hydrogen (secondary N) is 1. The van der Waals surface area contributed by atoms with Gasteiger partial charge in [0.05, 0.1) is 24.5 Å². The van der Waals surface area contributed by atoms with E-state index in [2.05, 4.69) is 5.48 Å². The zero-order valence-electron chi connectivity index (χ0n) is 15.0. The molecule has 1 atom stereocenters. The van der Waals surface area contributed by atoms with Gasteiger partial charge >= 0.3 is 5.97 Å². The summed E-state index contributed by atoms with van der Waals surface area (Å²) in [7, 11) is 0. The second-order valence-electron chi connectivity index (χ2n) is 7.24. The van der Waals surface area contributed by atoms with Gasteiger partial charge < -0.3 is 9.84 Å². The van der Waals surface area contributed by atoms with Gasteiger partial charge in [-0.3, -0.25) is 14.4 Å². The van der Waals surface area contributed by atoms with Gasteiger partial charge in [0.2, 0.25) is 5.91 Å². The molecule has 0 aliphatic rings. The Kier molecular flexibility index (Phi) is 6.93. The molecule has 0 saturated carbocycles. The van der Waals surface area contributed by atoms with E-state index >= 15 is 0 Å². The van der Waals surface area contributed by atoms with Crippen molar-refractivity contribution in [2.45, 2.75) is 58.8 Å². The second kappa shape index (κ2) is 8.26. The zero-order chi connectivity index (χ0) is 18.4. The Morgan fingerprint density at radius 2 is 1.71 bits per heavy atom. The molecule has 2 N–H and O–H groups in total. The highest BCUT2D eigenvalue weighted by Gasteiger charge is 2.36. The number of ether oxygens (including phenoxy) is 1. The summed E-state index contributed by atoms with van der Waals surface area (Å²) in [5.74, 6) is -2.10. The van der Waals surface area contributed by atoms with Crippen molar-refractivity contribution in [1.82, 2.24) is 5.48 Å². The Bertz CT molecular complexity index is 543. The van der Waals surface area contributed by atoms with Gasteiger partial charge in [-0.1, -0.05) is 30.3 Å². The van der Waals surface area contributed by atoms with Crippen LogP contribution in [-0.4, -0.2) is 28.2 Å². The van der Waals surface area contributed by atoms with E-state index in [4.69, 9.17) is 9.57 Å². The van der Waals surface area contributed by atoms with Crippen LogP contribution in [0.3, 0.4) is 0 Å². The lowest BCUT2D eigenvalue weighted by atomic mass is 9.87. The molecule has 0 unspecified atom stereocenters. The first-order valence-electron chi connectivity index (χ1n) is 7.89. The summed E-state index contributed by atoms with van der Waals surface area (Å²) in [6.45, 7) is 8.36. The minimum absolute atomic E-state index is 0.192. The van der Waals surface area contributed by atoms with Crippen molar-refractivity contribution in [2.75, 3.05) is 0 Å². The van der Waals surface area contributed by atoms with Gasteiger partial charge in [0.1, 0.15) is 5.60 Å². The number of carbonyl (C=O) groups is 2.